The largest absolute Gasteiger partial charge is 0.354 e. The van der Waals surface area contributed by atoms with E-state index in [0.717, 1.165) is 27.6 Å². The summed E-state index contributed by atoms with van der Waals surface area (Å²) >= 11 is 0. The third-order valence-electron chi connectivity index (χ3n) is 4.78. The Morgan fingerprint density at radius 2 is 2.15 bits per heavy atom. The number of alkyl halides is 1. The number of rotatable bonds is 3. The lowest BCUT2D eigenvalue weighted by molar-refractivity contribution is 0.249. The number of benzene rings is 1. The highest BCUT2D eigenvalue weighted by Gasteiger charge is 2.21. The Bertz CT molecular complexity index is 1040. The third-order valence-corrected chi connectivity index (χ3v) is 4.78. The number of H-pyrrole nitrogens is 1. The number of primary amides is 1. The molecule has 1 saturated heterocycles. The highest BCUT2D eigenvalue weighted by atomic mass is 19.1. The lowest BCUT2D eigenvalue weighted by Gasteiger charge is -2.14. The molecule has 0 bridgehead atoms. The van der Waals surface area contributed by atoms with Gasteiger partial charge in [-0.15, -0.1) is 0 Å². The van der Waals surface area contributed by atoms with E-state index in [1.54, 1.807) is 12.1 Å². The number of aromatic amines is 1. The summed E-state index contributed by atoms with van der Waals surface area (Å²) in [4.78, 5) is 29.1. The van der Waals surface area contributed by atoms with Crippen LogP contribution in [-0.4, -0.2) is 39.7 Å². The van der Waals surface area contributed by atoms with Gasteiger partial charge in [0, 0.05) is 36.7 Å². The predicted octanol–water partition coefficient (Wildman–Crippen LogP) is 2.47. The summed E-state index contributed by atoms with van der Waals surface area (Å²) in [6.07, 6.45) is 1.21. The van der Waals surface area contributed by atoms with Gasteiger partial charge in [0.1, 0.15) is 6.17 Å². The van der Waals surface area contributed by atoms with Gasteiger partial charge in [0.05, 0.1) is 11.3 Å². The number of aromatic nitrogens is 2. The zero-order valence-electron chi connectivity index (χ0n) is 14.1. The molecular formula is C19H19FN4O2. The van der Waals surface area contributed by atoms with E-state index in [2.05, 4.69) is 9.88 Å². The molecule has 134 valence electrons. The van der Waals surface area contributed by atoms with Crippen LogP contribution in [0.15, 0.2) is 47.4 Å². The van der Waals surface area contributed by atoms with Gasteiger partial charge in [-0.25, -0.2) is 13.8 Å². The van der Waals surface area contributed by atoms with Crippen LogP contribution in [0.5, 0.6) is 0 Å². The van der Waals surface area contributed by atoms with Gasteiger partial charge in [0.15, 0.2) is 0 Å². The van der Waals surface area contributed by atoms with Gasteiger partial charge in [-0.05, 0) is 42.3 Å². The molecule has 4 rings (SSSR count). The van der Waals surface area contributed by atoms with Crippen molar-refractivity contribution in [3.63, 3.8) is 0 Å². The van der Waals surface area contributed by atoms with Gasteiger partial charge in [-0.2, -0.15) is 0 Å². The first kappa shape index (κ1) is 16.5. The van der Waals surface area contributed by atoms with E-state index in [0.29, 0.717) is 30.8 Å². The Morgan fingerprint density at radius 1 is 1.31 bits per heavy atom. The molecule has 1 fully saturated rings. The summed E-state index contributed by atoms with van der Waals surface area (Å²) in [5.74, 6) is 0. The number of fused-ring (bicyclic) bond motifs is 1. The first-order chi connectivity index (χ1) is 12.5. The van der Waals surface area contributed by atoms with Crippen LogP contribution in [0.3, 0.4) is 0 Å². The molecule has 2 aromatic heterocycles. The SMILES string of the molecule is NC(=O)n1cccc(-c2cc3cc(CN4CC[C@@H](F)C4)ccc3[nH]2)c1=O. The Morgan fingerprint density at radius 3 is 2.88 bits per heavy atom. The van der Waals surface area contributed by atoms with E-state index in [-0.39, 0.29) is 0 Å². The average molecular weight is 354 g/mol. The molecule has 26 heavy (non-hydrogen) atoms. The van der Waals surface area contributed by atoms with Gasteiger partial charge in [0.25, 0.3) is 5.56 Å². The molecule has 0 unspecified atom stereocenters. The summed E-state index contributed by atoms with van der Waals surface area (Å²) in [6.45, 7) is 1.96. The Balaban J connectivity index is 1.67. The minimum atomic E-state index is -0.813. The topological polar surface area (TPSA) is 84.1 Å². The number of pyridine rings is 1. The molecule has 7 heteroatoms. The molecular weight excluding hydrogens is 335 g/mol. The first-order valence-corrected chi connectivity index (χ1v) is 8.51. The van der Waals surface area contributed by atoms with Gasteiger partial charge >= 0.3 is 6.03 Å². The van der Waals surface area contributed by atoms with Crippen molar-refractivity contribution in [1.82, 2.24) is 14.5 Å². The van der Waals surface area contributed by atoms with Crippen LogP contribution in [-0.2, 0) is 6.54 Å². The van der Waals surface area contributed by atoms with E-state index in [4.69, 9.17) is 5.73 Å². The number of amides is 1. The van der Waals surface area contributed by atoms with Crippen LogP contribution in [0.4, 0.5) is 9.18 Å². The fraction of sp³-hybridized carbons (Fsp3) is 0.263. The average Bonchev–Trinajstić information content (AvgIpc) is 3.20. The molecule has 6 nitrogen and oxygen atoms in total. The van der Waals surface area contributed by atoms with E-state index < -0.39 is 17.8 Å². The van der Waals surface area contributed by atoms with Crippen molar-refractivity contribution in [3.05, 3.63) is 58.5 Å². The fourth-order valence-electron chi connectivity index (χ4n) is 3.49. The molecule has 1 amide bonds. The minimum absolute atomic E-state index is 0.379. The number of nitrogens with zero attached hydrogens (tertiary/aromatic N) is 2. The molecule has 1 aliphatic heterocycles. The van der Waals surface area contributed by atoms with Crippen molar-refractivity contribution < 1.29 is 9.18 Å². The highest BCUT2D eigenvalue weighted by molar-refractivity contribution is 5.86. The number of nitrogens with one attached hydrogen (secondary N) is 1. The van der Waals surface area contributed by atoms with Gasteiger partial charge in [-0.3, -0.25) is 9.69 Å². The maximum Gasteiger partial charge on any atom is 0.325 e. The standard InChI is InChI=1S/C19H19FN4O2/c20-14-5-7-23(11-14)10-12-3-4-16-13(8-12)9-17(22-16)15-2-1-6-24(18(15)25)19(21)26/h1-4,6,8-9,14,22H,5,7,10-11H2,(H2,21,26)/t14-/m1/s1. The number of hydrogen-bond acceptors (Lipinski definition) is 3. The van der Waals surface area contributed by atoms with Crippen LogP contribution in [0.1, 0.15) is 12.0 Å². The number of carbonyl (C=O) groups is 1. The minimum Gasteiger partial charge on any atom is -0.354 e. The zero-order valence-corrected chi connectivity index (χ0v) is 14.1. The molecule has 1 aromatic carbocycles. The van der Waals surface area contributed by atoms with Crippen molar-refractivity contribution in [1.29, 1.82) is 0 Å². The lowest BCUT2D eigenvalue weighted by atomic mass is 10.1. The van der Waals surface area contributed by atoms with Gasteiger partial charge < -0.3 is 10.7 Å². The molecule has 3 heterocycles. The molecule has 0 aliphatic carbocycles. The van der Waals surface area contributed by atoms with Gasteiger partial charge in [0.2, 0.25) is 0 Å². The van der Waals surface area contributed by atoms with E-state index in [9.17, 15) is 14.0 Å². The molecule has 3 aromatic rings. The monoisotopic (exact) mass is 354 g/mol. The zero-order chi connectivity index (χ0) is 18.3. The van der Waals surface area contributed by atoms with Crippen LogP contribution < -0.4 is 11.3 Å². The molecule has 1 aliphatic rings. The smallest absolute Gasteiger partial charge is 0.325 e. The number of hydrogen-bond donors (Lipinski definition) is 2. The van der Waals surface area contributed by atoms with Crippen LogP contribution in [0.2, 0.25) is 0 Å². The summed E-state index contributed by atoms with van der Waals surface area (Å²) < 4.78 is 14.2. The Labute approximate surface area is 149 Å². The van der Waals surface area contributed by atoms with Crippen molar-refractivity contribution in [2.75, 3.05) is 13.1 Å². The van der Waals surface area contributed by atoms with Gasteiger partial charge in [-0.1, -0.05) is 6.07 Å². The quantitative estimate of drug-likeness (QED) is 0.758. The lowest BCUT2D eigenvalue weighted by Crippen LogP contribution is -2.31. The second kappa shape index (κ2) is 6.42. The Kier molecular flexibility index (Phi) is 4.08. The second-order valence-corrected chi connectivity index (χ2v) is 6.66. The Hall–Kier alpha value is -2.93. The number of halogens is 1. The summed E-state index contributed by atoms with van der Waals surface area (Å²) in [7, 11) is 0. The summed E-state index contributed by atoms with van der Waals surface area (Å²) in [5, 5.41) is 0.961. The molecule has 3 N–H and O–H groups in total. The predicted molar refractivity (Wildman–Crippen MR) is 97.8 cm³/mol. The first-order valence-electron chi connectivity index (χ1n) is 8.51. The summed E-state index contributed by atoms with van der Waals surface area (Å²) in [5.41, 5.74) is 7.76. The van der Waals surface area contributed by atoms with Crippen molar-refractivity contribution >= 4 is 16.9 Å². The molecule has 0 radical (unpaired) electrons. The molecule has 0 spiro atoms. The normalized spacial score (nSPS) is 17.8. The van der Waals surface area contributed by atoms with Crippen molar-refractivity contribution in [2.45, 2.75) is 19.1 Å². The van der Waals surface area contributed by atoms with E-state index >= 15 is 0 Å². The third kappa shape index (κ3) is 3.01. The van der Waals surface area contributed by atoms with Crippen LogP contribution in [0.25, 0.3) is 22.2 Å². The second-order valence-electron chi connectivity index (χ2n) is 6.66. The number of carbonyl (C=O) groups excluding carboxylic acids is 1. The van der Waals surface area contributed by atoms with E-state index in [1.165, 1.54) is 6.20 Å². The highest BCUT2D eigenvalue weighted by Crippen LogP contribution is 2.24. The number of nitrogens with two attached hydrogens (primary N) is 1. The molecule has 0 saturated carbocycles. The fourth-order valence-corrected chi connectivity index (χ4v) is 3.49. The maximum atomic E-state index is 13.3. The van der Waals surface area contributed by atoms with Crippen molar-refractivity contribution in [2.24, 2.45) is 5.73 Å². The van der Waals surface area contributed by atoms with E-state index in [1.807, 2.05) is 24.3 Å². The molecule has 1 atom stereocenters. The van der Waals surface area contributed by atoms with Crippen molar-refractivity contribution in [3.8, 4) is 11.3 Å². The van der Waals surface area contributed by atoms with Crippen LogP contribution in [0, 0.1) is 0 Å². The van der Waals surface area contributed by atoms with Crippen LogP contribution >= 0.6 is 0 Å². The number of likely N-dealkylation sites (tertiary alicyclic amines) is 1. The summed E-state index contributed by atoms with van der Waals surface area (Å²) in [6, 6.07) is 10.3. The maximum absolute atomic E-state index is 13.3.